The van der Waals surface area contributed by atoms with Gasteiger partial charge in [0.2, 0.25) is 5.78 Å². The molecule has 0 heterocycles. The third kappa shape index (κ3) is 5.20. The van der Waals surface area contributed by atoms with Crippen molar-refractivity contribution in [2.24, 2.45) is 0 Å². The predicted octanol–water partition coefficient (Wildman–Crippen LogP) is 4.67. The number of benzene rings is 2. The molecule has 2 aromatic rings. The van der Waals surface area contributed by atoms with Crippen molar-refractivity contribution >= 4 is 17.5 Å². The Hall–Kier alpha value is -1.79. The van der Waals surface area contributed by atoms with Crippen molar-refractivity contribution in [3.05, 3.63) is 71.8 Å². The average Bonchev–Trinajstić information content (AvgIpc) is 2.51. The molecular weight excluding hydrogens is 313 g/mol. The molecule has 0 spiro atoms. The van der Waals surface area contributed by atoms with E-state index in [0.29, 0.717) is 5.56 Å². The lowest BCUT2D eigenvalue weighted by Crippen LogP contribution is -2.25. The van der Waals surface area contributed by atoms with Gasteiger partial charge in [-0.1, -0.05) is 60.7 Å². The van der Waals surface area contributed by atoms with Crippen molar-refractivity contribution in [3.8, 4) is 0 Å². The van der Waals surface area contributed by atoms with E-state index in [4.69, 9.17) is 4.74 Å². The van der Waals surface area contributed by atoms with Crippen molar-refractivity contribution in [1.29, 1.82) is 0 Å². The van der Waals surface area contributed by atoms with Gasteiger partial charge in [-0.3, -0.25) is 4.79 Å². The lowest BCUT2D eigenvalue weighted by Gasteiger charge is -2.18. The molecule has 0 radical (unpaired) electrons. The number of carbonyl (C=O) groups excluding carboxylic acids is 1. The Morgan fingerprint density at radius 3 is 2.09 bits per heavy atom. The van der Waals surface area contributed by atoms with Crippen LogP contribution >= 0.6 is 11.8 Å². The number of hydrogen-bond donors (Lipinski definition) is 0. The molecule has 22 heavy (non-hydrogen) atoms. The van der Waals surface area contributed by atoms with Crippen LogP contribution in [0.1, 0.15) is 15.9 Å². The van der Waals surface area contributed by atoms with E-state index in [-0.39, 0.29) is 12.2 Å². The molecule has 2 aromatic carbocycles. The van der Waals surface area contributed by atoms with Crippen LogP contribution in [-0.4, -0.2) is 16.7 Å². The maximum absolute atomic E-state index is 12.6. The monoisotopic (exact) mass is 326 g/mol. The van der Waals surface area contributed by atoms with Gasteiger partial charge >= 0.3 is 5.51 Å². The Morgan fingerprint density at radius 2 is 1.55 bits per heavy atom. The second kappa shape index (κ2) is 7.47. The molecule has 0 aromatic heterocycles. The number of ether oxygens (including phenoxy) is 1. The summed E-state index contributed by atoms with van der Waals surface area (Å²) in [5.41, 5.74) is -5.28. The molecule has 6 heteroatoms. The summed E-state index contributed by atoms with van der Waals surface area (Å²) in [5, 5.41) is 0. The quantitative estimate of drug-likeness (QED) is 0.570. The summed E-state index contributed by atoms with van der Waals surface area (Å²) in [7, 11) is 0. The van der Waals surface area contributed by atoms with Gasteiger partial charge in [0.25, 0.3) is 0 Å². The molecule has 0 saturated heterocycles. The highest BCUT2D eigenvalue weighted by Crippen LogP contribution is 2.36. The lowest BCUT2D eigenvalue weighted by molar-refractivity contribution is -0.0370. The summed E-state index contributed by atoms with van der Waals surface area (Å²) in [5.74, 6) is -0.696. The summed E-state index contributed by atoms with van der Waals surface area (Å²) in [6, 6.07) is 16.6. The van der Waals surface area contributed by atoms with Crippen LogP contribution in [0, 0.1) is 0 Å². The zero-order valence-electron chi connectivity index (χ0n) is 11.4. The normalized spacial score (nSPS) is 12.9. The minimum absolute atomic E-state index is 0.0623. The van der Waals surface area contributed by atoms with E-state index < -0.39 is 28.5 Å². The van der Waals surface area contributed by atoms with Crippen LogP contribution in [-0.2, 0) is 11.3 Å². The summed E-state index contributed by atoms with van der Waals surface area (Å²) in [4.78, 5) is 12.2. The van der Waals surface area contributed by atoms with Crippen molar-refractivity contribution < 1.29 is 22.7 Å². The van der Waals surface area contributed by atoms with Gasteiger partial charge in [0.1, 0.15) is 0 Å². The molecule has 0 amide bonds. The number of alkyl halides is 3. The highest BCUT2D eigenvalue weighted by atomic mass is 32.2. The topological polar surface area (TPSA) is 26.3 Å². The number of carbonyl (C=O) groups is 1. The zero-order valence-corrected chi connectivity index (χ0v) is 12.2. The Morgan fingerprint density at radius 1 is 1.00 bits per heavy atom. The Bertz CT molecular complexity index is 600. The van der Waals surface area contributed by atoms with E-state index in [0.717, 1.165) is 0 Å². The summed E-state index contributed by atoms with van der Waals surface area (Å²) >= 11 is -0.448. The van der Waals surface area contributed by atoms with Crippen molar-refractivity contribution in [2.75, 3.05) is 0 Å². The van der Waals surface area contributed by atoms with Gasteiger partial charge in [-0.15, -0.1) is 0 Å². The third-order valence-electron chi connectivity index (χ3n) is 2.76. The molecule has 0 fully saturated rings. The molecule has 0 aliphatic rings. The first-order valence-corrected chi connectivity index (χ1v) is 7.33. The van der Waals surface area contributed by atoms with Crippen molar-refractivity contribution in [1.82, 2.24) is 0 Å². The van der Waals surface area contributed by atoms with Gasteiger partial charge in [-0.2, -0.15) is 13.2 Å². The maximum atomic E-state index is 12.6. The lowest BCUT2D eigenvalue weighted by atomic mass is 10.1. The standard InChI is InChI=1S/C16H13F3O2S/c17-16(18,19)22-15(14(20)13-9-5-2-6-10-13)21-11-12-7-3-1-4-8-12/h1-10,15H,11H2/t15-/m0/s1. The number of halogens is 3. The molecule has 0 N–H and O–H groups in total. The molecule has 0 aliphatic heterocycles. The van der Waals surface area contributed by atoms with Crippen molar-refractivity contribution in [2.45, 2.75) is 17.6 Å². The second-order valence-electron chi connectivity index (χ2n) is 4.42. The minimum Gasteiger partial charge on any atom is -0.354 e. The maximum Gasteiger partial charge on any atom is 0.444 e. The second-order valence-corrected chi connectivity index (χ2v) is 5.55. The zero-order chi connectivity index (χ0) is 16.0. The van der Waals surface area contributed by atoms with E-state index in [1.807, 2.05) is 0 Å². The molecule has 0 unspecified atom stereocenters. The SMILES string of the molecule is O=C(c1ccccc1)[C@@H](OCc1ccccc1)SC(F)(F)F. The van der Waals surface area contributed by atoms with E-state index in [2.05, 4.69) is 0 Å². The molecule has 0 bridgehead atoms. The van der Waals surface area contributed by atoms with Gasteiger partial charge in [-0.05, 0) is 17.3 Å². The number of thioether (sulfide) groups is 1. The fourth-order valence-electron chi connectivity index (χ4n) is 1.77. The van der Waals surface area contributed by atoms with Crippen LogP contribution < -0.4 is 0 Å². The first kappa shape index (κ1) is 16.6. The van der Waals surface area contributed by atoms with E-state index in [1.54, 1.807) is 48.5 Å². The van der Waals surface area contributed by atoms with Gasteiger partial charge in [0.15, 0.2) is 5.44 Å². The Labute approximate surface area is 130 Å². The first-order chi connectivity index (χ1) is 10.5. The fraction of sp³-hybridized carbons (Fsp3) is 0.188. The van der Waals surface area contributed by atoms with Crippen LogP contribution in [0.5, 0.6) is 0 Å². The number of hydrogen-bond acceptors (Lipinski definition) is 3. The molecule has 0 saturated carbocycles. The number of ketones is 1. The smallest absolute Gasteiger partial charge is 0.354 e. The molecule has 2 nitrogen and oxygen atoms in total. The van der Waals surface area contributed by atoms with Gasteiger partial charge < -0.3 is 4.74 Å². The third-order valence-corrected chi connectivity index (χ3v) is 3.59. The van der Waals surface area contributed by atoms with Crippen LogP contribution in [0.3, 0.4) is 0 Å². The van der Waals surface area contributed by atoms with Crippen LogP contribution in [0.2, 0.25) is 0 Å². The first-order valence-electron chi connectivity index (χ1n) is 6.45. The van der Waals surface area contributed by atoms with Gasteiger partial charge in [-0.25, -0.2) is 0 Å². The molecule has 0 aliphatic carbocycles. The van der Waals surface area contributed by atoms with E-state index in [9.17, 15) is 18.0 Å². The Balaban J connectivity index is 2.10. The van der Waals surface area contributed by atoms with Gasteiger partial charge in [0.05, 0.1) is 6.61 Å². The molecular formula is C16H13F3O2S. The Kier molecular flexibility index (Phi) is 5.63. The molecule has 2 rings (SSSR count). The van der Waals surface area contributed by atoms with E-state index >= 15 is 0 Å². The summed E-state index contributed by atoms with van der Waals surface area (Å²) in [6.45, 7) is -0.0623. The van der Waals surface area contributed by atoms with Crippen molar-refractivity contribution in [3.63, 3.8) is 0 Å². The number of rotatable bonds is 6. The highest BCUT2D eigenvalue weighted by Gasteiger charge is 2.37. The largest absolute Gasteiger partial charge is 0.444 e. The van der Waals surface area contributed by atoms with Gasteiger partial charge in [0, 0.05) is 5.56 Å². The van der Waals surface area contributed by atoms with Crippen LogP contribution in [0.15, 0.2) is 60.7 Å². The van der Waals surface area contributed by atoms with Crippen LogP contribution in [0.25, 0.3) is 0 Å². The molecule has 1 atom stereocenters. The minimum atomic E-state index is -4.55. The van der Waals surface area contributed by atoms with Crippen LogP contribution in [0.4, 0.5) is 13.2 Å². The fourth-order valence-corrected chi connectivity index (χ4v) is 2.39. The summed E-state index contributed by atoms with van der Waals surface area (Å²) < 4.78 is 43.1. The summed E-state index contributed by atoms with van der Waals surface area (Å²) in [6.07, 6.45) is 0. The predicted molar refractivity (Wildman–Crippen MR) is 79.4 cm³/mol. The number of Topliss-reactive ketones (excluding diaryl/α,β-unsaturated/α-hetero) is 1. The highest BCUT2D eigenvalue weighted by molar-refractivity contribution is 8.01. The average molecular weight is 326 g/mol. The molecule has 116 valence electrons. The van der Waals surface area contributed by atoms with E-state index in [1.165, 1.54) is 12.1 Å².